The predicted octanol–water partition coefficient (Wildman–Crippen LogP) is 2.40. The van der Waals surface area contributed by atoms with Gasteiger partial charge in [0.05, 0.1) is 11.7 Å². The lowest BCUT2D eigenvalue weighted by Gasteiger charge is -2.31. The van der Waals surface area contributed by atoms with E-state index in [1.165, 1.54) is 38.8 Å². The molecule has 0 saturated carbocycles. The van der Waals surface area contributed by atoms with Gasteiger partial charge in [0.15, 0.2) is 0 Å². The van der Waals surface area contributed by atoms with Crippen LogP contribution in [0.25, 0.3) is 0 Å². The average molecular weight is 232 g/mol. The van der Waals surface area contributed by atoms with E-state index < -0.39 is 0 Å². The third kappa shape index (κ3) is 2.04. The van der Waals surface area contributed by atoms with Crippen molar-refractivity contribution in [3.8, 4) is 5.75 Å². The quantitative estimate of drug-likeness (QED) is 0.800. The van der Waals surface area contributed by atoms with Crippen molar-refractivity contribution in [2.24, 2.45) is 0 Å². The zero-order valence-corrected chi connectivity index (χ0v) is 10.5. The summed E-state index contributed by atoms with van der Waals surface area (Å²) in [6.45, 7) is 5.40. The Bertz CT molecular complexity index is 395. The Kier molecular flexibility index (Phi) is 2.79. The van der Waals surface area contributed by atoms with E-state index in [4.69, 9.17) is 4.74 Å². The molecule has 3 heterocycles. The summed E-state index contributed by atoms with van der Waals surface area (Å²) in [5, 5.41) is 0. The highest BCUT2D eigenvalue weighted by Crippen LogP contribution is 2.39. The van der Waals surface area contributed by atoms with Crippen LogP contribution in [0, 0.1) is 6.92 Å². The highest BCUT2D eigenvalue weighted by atomic mass is 16.5. The number of fused-ring (bicyclic) bond motifs is 1. The number of nitrogens with zero attached hydrogens (tertiary/aromatic N) is 2. The molecular formula is C14H20N2O. The normalized spacial score (nSPS) is 22.6. The first-order valence-corrected chi connectivity index (χ1v) is 6.58. The van der Waals surface area contributed by atoms with E-state index in [9.17, 15) is 0 Å². The minimum absolute atomic E-state index is 0.337. The molecule has 0 spiro atoms. The van der Waals surface area contributed by atoms with Crippen molar-refractivity contribution < 1.29 is 4.74 Å². The zero-order valence-electron chi connectivity index (χ0n) is 10.5. The van der Waals surface area contributed by atoms with Crippen LogP contribution in [0.15, 0.2) is 18.5 Å². The van der Waals surface area contributed by atoms with Gasteiger partial charge in [-0.25, -0.2) is 0 Å². The van der Waals surface area contributed by atoms with E-state index in [0.717, 1.165) is 17.9 Å². The Morgan fingerprint density at radius 3 is 2.76 bits per heavy atom. The molecule has 2 saturated heterocycles. The minimum Gasteiger partial charge on any atom is -0.490 e. The summed E-state index contributed by atoms with van der Waals surface area (Å²) < 4.78 is 5.97. The third-order valence-corrected chi connectivity index (χ3v) is 4.17. The molecule has 0 bridgehead atoms. The molecule has 1 aromatic heterocycles. The Balaban J connectivity index is 1.67. The van der Waals surface area contributed by atoms with Gasteiger partial charge >= 0.3 is 0 Å². The number of hydrogen-bond donors (Lipinski definition) is 0. The van der Waals surface area contributed by atoms with Gasteiger partial charge < -0.3 is 4.74 Å². The van der Waals surface area contributed by atoms with Gasteiger partial charge in [0.25, 0.3) is 0 Å². The van der Waals surface area contributed by atoms with Crippen molar-refractivity contribution >= 4 is 0 Å². The molecule has 1 aromatic rings. The smallest absolute Gasteiger partial charge is 0.137 e. The fraction of sp³-hybridized carbons (Fsp3) is 0.643. The van der Waals surface area contributed by atoms with Gasteiger partial charge in [-0.2, -0.15) is 0 Å². The van der Waals surface area contributed by atoms with Crippen molar-refractivity contribution in [3.05, 3.63) is 24.0 Å². The number of rotatable bonds is 3. The molecule has 3 nitrogen and oxygen atoms in total. The maximum atomic E-state index is 5.97. The average Bonchev–Trinajstić information content (AvgIpc) is 2.85. The molecule has 3 heteroatoms. The molecule has 0 N–H and O–H groups in total. The third-order valence-electron chi connectivity index (χ3n) is 4.17. The lowest BCUT2D eigenvalue weighted by atomic mass is 9.95. The predicted molar refractivity (Wildman–Crippen MR) is 67.2 cm³/mol. The molecule has 3 rings (SSSR count). The molecule has 2 aliphatic heterocycles. The van der Waals surface area contributed by atoms with Crippen LogP contribution in [0.4, 0.5) is 0 Å². The van der Waals surface area contributed by atoms with E-state index in [0.29, 0.717) is 5.54 Å². The van der Waals surface area contributed by atoms with Crippen LogP contribution in [0.2, 0.25) is 0 Å². The van der Waals surface area contributed by atoms with E-state index in [1.54, 1.807) is 0 Å². The van der Waals surface area contributed by atoms with E-state index in [-0.39, 0.29) is 0 Å². The first kappa shape index (κ1) is 11.0. The summed E-state index contributed by atoms with van der Waals surface area (Å²) in [5.74, 6) is 0.915. The first-order chi connectivity index (χ1) is 8.28. The lowest BCUT2D eigenvalue weighted by Crippen LogP contribution is -2.43. The molecule has 0 aromatic carbocycles. The van der Waals surface area contributed by atoms with Crippen LogP contribution in [0.5, 0.6) is 5.75 Å². The summed E-state index contributed by atoms with van der Waals surface area (Å²) >= 11 is 0. The second-order valence-corrected chi connectivity index (χ2v) is 5.41. The van der Waals surface area contributed by atoms with E-state index in [2.05, 4.69) is 22.9 Å². The Morgan fingerprint density at radius 1 is 1.29 bits per heavy atom. The number of ether oxygens (including phenoxy) is 1. The van der Waals surface area contributed by atoms with Crippen molar-refractivity contribution in [1.82, 2.24) is 9.88 Å². The van der Waals surface area contributed by atoms with Crippen LogP contribution < -0.4 is 4.74 Å². The molecule has 92 valence electrons. The van der Waals surface area contributed by atoms with Crippen molar-refractivity contribution in [1.29, 1.82) is 0 Å². The molecule has 0 unspecified atom stereocenters. The zero-order chi connectivity index (χ0) is 11.7. The van der Waals surface area contributed by atoms with Crippen LogP contribution >= 0.6 is 0 Å². The SMILES string of the molecule is Cc1cncc(OCC23CCCN2CCC3)c1. The van der Waals surface area contributed by atoms with Gasteiger partial charge in [-0.3, -0.25) is 9.88 Å². The lowest BCUT2D eigenvalue weighted by molar-refractivity contribution is 0.113. The van der Waals surface area contributed by atoms with Crippen LogP contribution in [0.1, 0.15) is 31.2 Å². The number of hydrogen-bond acceptors (Lipinski definition) is 3. The van der Waals surface area contributed by atoms with E-state index >= 15 is 0 Å². The highest BCUT2D eigenvalue weighted by Gasteiger charge is 2.44. The number of pyridine rings is 1. The summed E-state index contributed by atoms with van der Waals surface area (Å²) in [4.78, 5) is 6.80. The van der Waals surface area contributed by atoms with Crippen molar-refractivity contribution in [2.75, 3.05) is 19.7 Å². The maximum absolute atomic E-state index is 5.97. The molecule has 2 aliphatic rings. The fourth-order valence-electron chi connectivity index (χ4n) is 3.28. The van der Waals surface area contributed by atoms with Gasteiger partial charge in [-0.1, -0.05) is 0 Å². The molecular weight excluding hydrogens is 212 g/mol. The van der Waals surface area contributed by atoms with Gasteiger partial charge in [0.1, 0.15) is 12.4 Å². The van der Waals surface area contributed by atoms with Crippen LogP contribution in [-0.4, -0.2) is 35.1 Å². The molecule has 0 aliphatic carbocycles. The monoisotopic (exact) mass is 232 g/mol. The second-order valence-electron chi connectivity index (χ2n) is 5.41. The van der Waals surface area contributed by atoms with Gasteiger partial charge in [-0.15, -0.1) is 0 Å². The van der Waals surface area contributed by atoms with Gasteiger partial charge in [-0.05, 0) is 57.3 Å². The minimum atomic E-state index is 0.337. The summed E-state index contributed by atoms with van der Waals surface area (Å²) in [6.07, 6.45) is 8.93. The topological polar surface area (TPSA) is 25.4 Å². The molecule has 0 radical (unpaired) electrons. The van der Waals surface area contributed by atoms with Crippen molar-refractivity contribution in [2.45, 2.75) is 38.1 Å². The molecule has 2 fully saturated rings. The Labute approximate surface area is 103 Å². The second kappa shape index (κ2) is 4.30. The standard InChI is InChI=1S/C14H20N2O/c1-12-8-13(10-15-9-12)17-11-14-4-2-6-16(14)7-3-5-14/h8-10H,2-7,11H2,1H3. The number of aryl methyl sites for hydroxylation is 1. The Hall–Kier alpha value is -1.09. The first-order valence-electron chi connectivity index (χ1n) is 6.58. The summed E-state index contributed by atoms with van der Waals surface area (Å²) in [5.41, 5.74) is 1.50. The van der Waals surface area contributed by atoms with Gasteiger partial charge in [0, 0.05) is 6.20 Å². The summed E-state index contributed by atoms with van der Waals surface area (Å²) in [6, 6.07) is 2.07. The maximum Gasteiger partial charge on any atom is 0.137 e. The number of aromatic nitrogens is 1. The highest BCUT2D eigenvalue weighted by molar-refractivity contribution is 5.22. The molecule has 0 atom stereocenters. The largest absolute Gasteiger partial charge is 0.490 e. The van der Waals surface area contributed by atoms with Gasteiger partial charge in [0.2, 0.25) is 0 Å². The summed E-state index contributed by atoms with van der Waals surface area (Å²) in [7, 11) is 0. The van der Waals surface area contributed by atoms with E-state index in [1.807, 2.05) is 12.4 Å². The fourth-order valence-corrected chi connectivity index (χ4v) is 3.28. The van der Waals surface area contributed by atoms with Crippen LogP contribution in [0.3, 0.4) is 0 Å². The molecule has 0 amide bonds. The molecule has 17 heavy (non-hydrogen) atoms. The van der Waals surface area contributed by atoms with Crippen molar-refractivity contribution in [3.63, 3.8) is 0 Å². The van der Waals surface area contributed by atoms with Crippen LogP contribution in [-0.2, 0) is 0 Å². The Morgan fingerprint density at radius 2 is 2.06 bits per heavy atom.